The van der Waals surface area contributed by atoms with E-state index in [0.29, 0.717) is 32.3 Å². The maximum absolute atomic E-state index is 12.6. The summed E-state index contributed by atoms with van der Waals surface area (Å²) in [6, 6.07) is 23.1. The van der Waals surface area contributed by atoms with Gasteiger partial charge < -0.3 is 24.0 Å². The van der Waals surface area contributed by atoms with Gasteiger partial charge in [-0.2, -0.15) is 9.97 Å². The second-order valence-corrected chi connectivity index (χ2v) is 12.1. The fourth-order valence-electron chi connectivity index (χ4n) is 6.48. The first-order valence-electron chi connectivity index (χ1n) is 16.5. The summed E-state index contributed by atoms with van der Waals surface area (Å²) in [5, 5.41) is 2.47. The van der Waals surface area contributed by atoms with Crippen LogP contribution in [0, 0.1) is 6.92 Å². The standard InChI is InChI=1S/C37H45N5O4/c1-4-40(5-2)21-22-44-37-38-32-23-33(30-16-10-15-29-14-9-11-27(3)35(29)30)45-26-31(32)36(39-37)42-19-17-41(18-20-42)24-34(43)46-25-28-12-7-6-8-13-28/h6-16,33H,4-5,17-26H2,1-3H3. The minimum Gasteiger partial charge on any atom is -0.462 e. The average molecular weight is 624 g/mol. The SMILES string of the molecule is CCN(CC)CCOc1nc2c(c(N3CCN(CC(=O)OCc4ccccc4)CC3)n1)COC(c1cccc3cccc(C)c13)C2. The van der Waals surface area contributed by atoms with Crippen molar-refractivity contribution in [3.05, 3.63) is 94.7 Å². The van der Waals surface area contributed by atoms with Crippen molar-refractivity contribution < 1.29 is 19.0 Å². The third-order valence-corrected chi connectivity index (χ3v) is 9.15. The summed E-state index contributed by atoms with van der Waals surface area (Å²) < 4.78 is 18.3. The molecule has 1 fully saturated rings. The van der Waals surface area contributed by atoms with Crippen molar-refractivity contribution in [2.45, 2.75) is 46.5 Å². The second kappa shape index (κ2) is 15.0. The van der Waals surface area contributed by atoms with Crippen molar-refractivity contribution >= 4 is 22.6 Å². The minimum absolute atomic E-state index is 0.109. The first-order chi connectivity index (χ1) is 22.5. The minimum atomic E-state index is -0.205. The molecule has 0 amide bonds. The Balaban J connectivity index is 1.17. The molecule has 3 heterocycles. The molecule has 46 heavy (non-hydrogen) atoms. The van der Waals surface area contributed by atoms with Crippen molar-refractivity contribution in [1.82, 2.24) is 19.8 Å². The fraction of sp³-hybridized carbons (Fsp3) is 0.432. The smallest absolute Gasteiger partial charge is 0.320 e. The van der Waals surface area contributed by atoms with Gasteiger partial charge in [0.2, 0.25) is 0 Å². The van der Waals surface area contributed by atoms with Crippen LogP contribution in [0.25, 0.3) is 10.8 Å². The molecular weight excluding hydrogens is 578 g/mol. The van der Waals surface area contributed by atoms with Gasteiger partial charge in [-0.1, -0.05) is 80.6 Å². The van der Waals surface area contributed by atoms with E-state index in [1.54, 1.807) is 0 Å². The van der Waals surface area contributed by atoms with Crippen LogP contribution in [0.3, 0.4) is 0 Å². The van der Waals surface area contributed by atoms with Crippen LogP contribution in [0.15, 0.2) is 66.7 Å². The molecule has 6 rings (SSSR count). The van der Waals surface area contributed by atoms with E-state index >= 15 is 0 Å². The highest BCUT2D eigenvalue weighted by atomic mass is 16.5. The highest BCUT2D eigenvalue weighted by Gasteiger charge is 2.31. The van der Waals surface area contributed by atoms with Crippen molar-refractivity contribution in [1.29, 1.82) is 0 Å². The molecule has 0 bridgehead atoms. The van der Waals surface area contributed by atoms with Crippen LogP contribution in [0.2, 0.25) is 0 Å². The zero-order valence-electron chi connectivity index (χ0n) is 27.3. The monoisotopic (exact) mass is 623 g/mol. The molecule has 3 aromatic carbocycles. The predicted molar refractivity (Wildman–Crippen MR) is 180 cm³/mol. The fourth-order valence-corrected chi connectivity index (χ4v) is 6.48. The molecule has 1 saturated heterocycles. The molecule has 0 saturated carbocycles. The molecule has 0 N–H and O–H groups in total. The third kappa shape index (κ3) is 7.49. The predicted octanol–water partition coefficient (Wildman–Crippen LogP) is 5.34. The molecule has 2 aliphatic rings. The molecule has 2 aliphatic heterocycles. The Morgan fingerprint density at radius 2 is 1.72 bits per heavy atom. The Morgan fingerprint density at radius 1 is 0.957 bits per heavy atom. The number of fused-ring (bicyclic) bond motifs is 2. The van der Waals surface area contributed by atoms with Gasteiger partial charge in [0, 0.05) is 44.7 Å². The van der Waals surface area contributed by atoms with Gasteiger partial charge in [0.15, 0.2) is 0 Å². The Hall–Kier alpha value is -4.05. The summed E-state index contributed by atoms with van der Waals surface area (Å²) in [6.07, 6.45) is 0.542. The molecule has 242 valence electrons. The van der Waals surface area contributed by atoms with Gasteiger partial charge in [0.1, 0.15) is 19.0 Å². The van der Waals surface area contributed by atoms with Crippen LogP contribution in [-0.4, -0.2) is 84.7 Å². The van der Waals surface area contributed by atoms with Crippen LogP contribution in [0.1, 0.15) is 47.9 Å². The van der Waals surface area contributed by atoms with E-state index in [1.165, 1.54) is 21.9 Å². The molecule has 9 nitrogen and oxygen atoms in total. The van der Waals surface area contributed by atoms with E-state index in [-0.39, 0.29) is 18.6 Å². The van der Waals surface area contributed by atoms with Crippen LogP contribution in [0.5, 0.6) is 6.01 Å². The van der Waals surface area contributed by atoms with Crippen LogP contribution in [-0.2, 0) is 33.9 Å². The van der Waals surface area contributed by atoms with Gasteiger partial charge in [-0.05, 0) is 47.5 Å². The van der Waals surface area contributed by atoms with Crippen LogP contribution < -0.4 is 9.64 Å². The highest BCUT2D eigenvalue weighted by molar-refractivity contribution is 5.89. The number of piperazine rings is 1. The van der Waals surface area contributed by atoms with E-state index in [4.69, 9.17) is 24.2 Å². The molecule has 4 aromatic rings. The number of hydrogen-bond donors (Lipinski definition) is 0. The second-order valence-electron chi connectivity index (χ2n) is 12.1. The zero-order chi connectivity index (χ0) is 31.9. The topological polar surface area (TPSA) is 80.3 Å². The summed E-state index contributed by atoms with van der Waals surface area (Å²) in [5.41, 5.74) is 5.44. The lowest BCUT2D eigenvalue weighted by molar-refractivity contribution is -0.146. The Labute approximate surface area is 272 Å². The summed E-state index contributed by atoms with van der Waals surface area (Å²) in [4.78, 5) is 29.3. The molecule has 0 spiro atoms. The summed E-state index contributed by atoms with van der Waals surface area (Å²) >= 11 is 0. The van der Waals surface area contributed by atoms with Gasteiger partial charge in [-0.3, -0.25) is 9.69 Å². The molecule has 0 radical (unpaired) electrons. The van der Waals surface area contributed by atoms with Crippen molar-refractivity contribution in [3.63, 3.8) is 0 Å². The van der Waals surface area contributed by atoms with E-state index in [9.17, 15) is 4.79 Å². The Kier molecular flexibility index (Phi) is 10.4. The van der Waals surface area contributed by atoms with Gasteiger partial charge in [-0.15, -0.1) is 0 Å². The van der Waals surface area contributed by atoms with Crippen LogP contribution in [0.4, 0.5) is 5.82 Å². The number of esters is 1. The van der Waals surface area contributed by atoms with Gasteiger partial charge >= 0.3 is 12.0 Å². The van der Waals surface area contributed by atoms with E-state index in [0.717, 1.165) is 68.5 Å². The lowest BCUT2D eigenvalue weighted by Gasteiger charge is -2.37. The lowest BCUT2D eigenvalue weighted by Crippen LogP contribution is -2.49. The van der Waals surface area contributed by atoms with E-state index in [2.05, 4.69) is 71.9 Å². The number of benzene rings is 3. The van der Waals surface area contributed by atoms with Gasteiger partial charge in [0.05, 0.1) is 24.9 Å². The Bertz CT molecular complexity index is 1610. The maximum Gasteiger partial charge on any atom is 0.320 e. The zero-order valence-corrected chi connectivity index (χ0v) is 27.3. The van der Waals surface area contributed by atoms with E-state index < -0.39 is 0 Å². The summed E-state index contributed by atoms with van der Waals surface area (Å²) in [6.45, 7) is 13.7. The molecular formula is C37H45N5O4. The van der Waals surface area contributed by atoms with Gasteiger partial charge in [-0.25, -0.2) is 0 Å². The first kappa shape index (κ1) is 31.9. The Morgan fingerprint density at radius 3 is 2.48 bits per heavy atom. The maximum atomic E-state index is 12.6. The number of aryl methyl sites for hydroxylation is 1. The number of carbonyl (C=O) groups excluding carboxylic acids is 1. The normalized spacial score (nSPS) is 16.9. The number of likely N-dealkylation sites (N-methyl/N-ethyl adjacent to an activating group) is 1. The third-order valence-electron chi connectivity index (χ3n) is 9.15. The largest absolute Gasteiger partial charge is 0.462 e. The van der Waals surface area contributed by atoms with Crippen LogP contribution >= 0.6 is 0 Å². The van der Waals surface area contributed by atoms with E-state index in [1.807, 2.05) is 30.3 Å². The summed E-state index contributed by atoms with van der Waals surface area (Å²) in [7, 11) is 0. The number of nitrogens with zero attached hydrogens (tertiary/aromatic N) is 5. The molecule has 9 heteroatoms. The molecule has 0 aliphatic carbocycles. The lowest BCUT2D eigenvalue weighted by atomic mass is 9.92. The van der Waals surface area contributed by atoms with Gasteiger partial charge in [0.25, 0.3) is 0 Å². The molecule has 1 unspecified atom stereocenters. The number of hydrogen-bond acceptors (Lipinski definition) is 9. The summed E-state index contributed by atoms with van der Waals surface area (Å²) in [5.74, 6) is 0.672. The average Bonchev–Trinajstić information content (AvgIpc) is 3.09. The quantitative estimate of drug-likeness (QED) is 0.194. The van der Waals surface area contributed by atoms with Crippen molar-refractivity contribution in [2.75, 3.05) is 63.9 Å². The molecule has 1 atom stereocenters. The highest BCUT2D eigenvalue weighted by Crippen LogP contribution is 2.38. The number of rotatable bonds is 12. The number of carbonyl (C=O) groups is 1. The number of ether oxygens (including phenoxy) is 3. The van der Waals surface area contributed by atoms with Crippen molar-refractivity contribution in [2.24, 2.45) is 0 Å². The number of aromatic nitrogens is 2. The molecule has 1 aromatic heterocycles. The number of anilines is 1. The first-order valence-corrected chi connectivity index (χ1v) is 16.5. The van der Waals surface area contributed by atoms with Crippen molar-refractivity contribution in [3.8, 4) is 6.01 Å².